The molecule has 41 heavy (non-hydrogen) atoms. The molecule has 0 radical (unpaired) electrons. The van der Waals surface area contributed by atoms with Crippen molar-refractivity contribution in [3.05, 3.63) is 72.1 Å². The average molecular weight is 561 g/mol. The molecule has 0 aliphatic heterocycles. The molecule has 216 valence electrons. The van der Waals surface area contributed by atoms with Crippen molar-refractivity contribution >= 4 is 45.5 Å². The number of nitrogens with two attached hydrogens (primary N) is 1. The molecular weight excluding hydrogens is 524 g/mol. The van der Waals surface area contributed by atoms with Gasteiger partial charge in [-0.3, -0.25) is 14.4 Å². The van der Waals surface area contributed by atoms with Gasteiger partial charge in [0, 0.05) is 47.0 Å². The van der Waals surface area contributed by atoms with Crippen LogP contribution in [0.4, 0.5) is 0 Å². The van der Waals surface area contributed by atoms with Crippen LogP contribution in [0.2, 0.25) is 0 Å². The molecule has 3 amide bonds. The Morgan fingerprint density at radius 3 is 1.68 bits per heavy atom. The van der Waals surface area contributed by atoms with Crippen LogP contribution < -0.4 is 21.7 Å². The van der Waals surface area contributed by atoms with Crippen LogP contribution in [0.25, 0.3) is 21.8 Å². The number of carbonyl (C=O) groups excluding carboxylic acids is 3. The maximum atomic E-state index is 13.7. The predicted molar refractivity (Wildman–Crippen MR) is 156 cm³/mol. The van der Waals surface area contributed by atoms with Gasteiger partial charge >= 0.3 is 5.97 Å². The third-order valence-corrected chi connectivity index (χ3v) is 6.99. The van der Waals surface area contributed by atoms with Gasteiger partial charge in [0.15, 0.2) is 0 Å². The number of benzene rings is 2. The Morgan fingerprint density at radius 1 is 0.756 bits per heavy atom. The summed E-state index contributed by atoms with van der Waals surface area (Å²) in [6.45, 7) is 3.41. The molecule has 4 rings (SSSR count). The number of nitrogens with one attached hydrogen (secondary N) is 5. The fraction of sp³-hybridized carbons (Fsp3) is 0.333. The second kappa shape index (κ2) is 13.1. The van der Waals surface area contributed by atoms with E-state index in [4.69, 9.17) is 5.73 Å². The summed E-state index contributed by atoms with van der Waals surface area (Å²) in [6.07, 6.45) is 4.01. The molecule has 8 N–H and O–H groups in total. The molecule has 0 aliphatic rings. The van der Waals surface area contributed by atoms with Crippen molar-refractivity contribution in [1.82, 2.24) is 25.9 Å². The minimum Gasteiger partial charge on any atom is -0.480 e. The first-order valence-electron chi connectivity index (χ1n) is 13.6. The SMILES string of the molecule is CC(C)CC(NC(=O)C(Cc1c[nH]c2ccccc12)NC(=O)C(Cc1c[nH]c2ccccc12)NC(=O)CN)C(=O)O. The number of hydrogen-bond donors (Lipinski definition) is 7. The van der Waals surface area contributed by atoms with Crippen molar-refractivity contribution in [2.24, 2.45) is 11.7 Å². The van der Waals surface area contributed by atoms with Gasteiger partial charge in [-0.2, -0.15) is 0 Å². The van der Waals surface area contributed by atoms with E-state index in [0.717, 1.165) is 32.9 Å². The van der Waals surface area contributed by atoms with E-state index < -0.39 is 41.8 Å². The van der Waals surface area contributed by atoms with E-state index >= 15 is 0 Å². The fourth-order valence-corrected chi connectivity index (χ4v) is 4.95. The standard InChI is InChI=1S/C30H36N6O5/c1-17(2)11-26(30(40)41)36-29(39)25(13-19-16-33-23-10-6-4-8-21(19)23)35-28(38)24(34-27(37)14-31)12-18-15-32-22-9-5-3-7-20(18)22/h3-10,15-17,24-26,32-33H,11-14,31H2,1-2H3,(H,34,37)(H,35,38)(H,36,39)(H,40,41). The van der Waals surface area contributed by atoms with Gasteiger partial charge in [-0.15, -0.1) is 0 Å². The zero-order valence-corrected chi connectivity index (χ0v) is 23.1. The number of fused-ring (bicyclic) bond motifs is 2. The largest absolute Gasteiger partial charge is 0.480 e. The van der Waals surface area contributed by atoms with Gasteiger partial charge < -0.3 is 36.8 Å². The van der Waals surface area contributed by atoms with Crippen LogP contribution in [0.1, 0.15) is 31.4 Å². The monoisotopic (exact) mass is 560 g/mol. The van der Waals surface area contributed by atoms with Crippen molar-refractivity contribution in [2.45, 2.75) is 51.2 Å². The minimum atomic E-state index is -1.16. The Morgan fingerprint density at radius 2 is 1.22 bits per heavy atom. The highest BCUT2D eigenvalue weighted by molar-refractivity contribution is 5.95. The van der Waals surface area contributed by atoms with Crippen LogP contribution in [0.3, 0.4) is 0 Å². The van der Waals surface area contributed by atoms with E-state index in [9.17, 15) is 24.3 Å². The maximum absolute atomic E-state index is 13.7. The lowest BCUT2D eigenvalue weighted by Gasteiger charge is -2.25. The van der Waals surface area contributed by atoms with Gasteiger partial charge in [-0.05, 0) is 35.6 Å². The summed E-state index contributed by atoms with van der Waals surface area (Å²) in [5.74, 6) is -2.88. The second-order valence-corrected chi connectivity index (χ2v) is 10.5. The predicted octanol–water partition coefficient (Wildman–Crippen LogP) is 1.98. The van der Waals surface area contributed by atoms with Crippen LogP contribution in [0.5, 0.6) is 0 Å². The number of aromatic amines is 2. The third kappa shape index (κ3) is 7.31. The molecule has 0 spiro atoms. The number of rotatable bonds is 13. The van der Waals surface area contributed by atoms with E-state index in [1.165, 1.54) is 0 Å². The Bertz CT molecular complexity index is 1540. The molecule has 3 unspecified atom stereocenters. The Hall–Kier alpha value is -4.64. The van der Waals surface area contributed by atoms with E-state index in [-0.39, 0.29) is 31.7 Å². The summed E-state index contributed by atoms with van der Waals surface area (Å²) in [5.41, 5.74) is 8.85. The molecule has 0 bridgehead atoms. The highest BCUT2D eigenvalue weighted by Gasteiger charge is 2.31. The summed E-state index contributed by atoms with van der Waals surface area (Å²) < 4.78 is 0. The van der Waals surface area contributed by atoms with Crippen LogP contribution in [0.15, 0.2) is 60.9 Å². The van der Waals surface area contributed by atoms with E-state index in [1.54, 1.807) is 12.4 Å². The molecule has 2 aromatic carbocycles. The average Bonchev–Trinajstić information content (AvgIpc) is 3.55. The lowest BCUT2D eigenvalue weighted by atomic mass is 10.00. The van der Waals surface area contributed by atoms with Gasteiger partial charge in [0.2, 0.25) is 17.7 Å². The molecule has 0 saturated heterocycles. The zero-order valence-electron chi connectivity index (χ0n) is 23.1. The van der Waals surface area contributed by atoms with Crippen molar-refractivity contribution in [1.29, 1.82) is 0 Å². The summed E-state index contributed by atoms with van der Waals surface area (Å²) in [6, 6.07) is 11.9. The fourth-order valence-electron chi connectivity index (χ4n) is 4.95. The first kappa shape index (κ1) is 29.3. The summed E-state index contributed by atoms with van der Waals surface area (Å²) in [4.78, 5) is 57.7. The molecular formula is C30H36N6O5. The number of aromatic nitrogens is 2. The molecule has 11 nitrogen and oxygen atoms in total. The van der Waals surface area contributed by atoms with Crippen molar-refractivity contribution in [3.63, 3.8) is 0 Å². The van der Waals surface area contributed by atoms with Crippen molar-refractivity contribution in [2.75, 3.05) is 6.54 Å². The number of carbonyl (C=O) groups is 4. The molecule has 4 aromatic rings. The molecule has 2 heterocycles. The second-order valence-electron chi connectivity index (χ2n) is 10.5. The Labute approximate surface area is 237 Å². The van der Waals surface area contributed by atoms with Crippen molar-refractivity contribution < 1.29 is 24.3 Å². The lowest BCUT2D eigenvalue weighted by molar-refractivity contribution is -0.142. The molecule has 0 saturated carbocycles. The molecule has 11 heteroatoms. The van der Waals surface area contributed by atoms with E-state index in [2.05, 4.69) is 25.9 Å². The number of hydrogen-bond acceptors (Lipinski definition) is 5. The van der Waals surface area contributed by atoms with E-state index in [0.29, 0.717) is 0 Å². The molecule has 0 fully saturated rings. The van der Waals surface area contributed by atoms with Crippen LogP contribution >= 0.6 is 0 Å². The normalized spacial score (nSPS) is 13.6. The quantitative estimate of drug-likeness (QED) is 0.131. The zero-order chi connectivity index (χ0) is 29.5. The van der Waals surface area contributed by atoms with Crippen molar-refractivity contribution in [3.8, 4) is 0 Å². The first-order chi connectivity index (χ1) is 19.7. The lowest BCUT2D eigenvalue weighted by Crippen LogP contribution is -2.57. The van der Waals surface area contributed by atoms with Gasteiger partial charge in [-0.25, -0.2) is 4.79 Å². The number of carboxylic acids is 1. The summed E-state index contributed by atoms with van der Waals surface area (Å²) >= 11 is 0. The summed E-state index contributed by atoms with van der Waals surface area (Å²) in [7, 11) is 0. The summed E-state index contributed by atoms with van der Waals surface area (Å²) in [5, 5.41) is 19.5. The minimum absolute atomic E-state index is 0.0186. The van der Waals surface area contributed by atoms with Crippen LogP contribution in [0, 0.1) is 5.92 Å². The van der Waals surface area contributed by atoms with Crippen LogP contribution in [-0.2, 0) is 32.0 Å². The van der Waals surface area contributed by atoms with E-state index in [1.807, 2.05) is 62.4 Å². The molecule has 3 atom stereocenters. The highest BCUT2D eigenvalue weighted by atomic mass is 16.4. The highest BCUT2D eigenvalue weighted by Crippen LogP contribution is 2.21. The number of carboxylic acid groups (broad SMARTS) is 1. The maximum Gasteiger partial charge on any atom is 0.326 e. The number of para-hydroxylation sites is 2. The number of aliphatic carboxylic acids is 1. The molecule has 2 aromatic heterocycles. The smallest absolute Gasteiger partial charge is 0.326 e. The van der Waals surface area contributed by atoms with Gasteiger partial charge in [-0.1, -0.05) is 50.2 Å². The van der Waals surface area contributed by atoms with Gasteiger partial charge in [0.25, 0.3) is 0 Å². The van der Waals surface area contributed by atoms with Gasteiger partial charge in [0.05, 0.1) is 6.54 Å². The number of amides is 3. The van der Waals surface area contributed by atoms with Crippen LogP contribution in [-0.4, -0.2) is 63.4 Å². The number of H-pyrrole nitrogens is 2. The third-order valence-electron chi connectivity index (χ3n) is 6.99. The molecule has 0 aliphatic carbocycles. The Balaban J connectivity index is 1.62. The van der Waals surface area contributed by atoms with Gasteiger partial charge in [0.1, 0.15) is 18.1 Å². The first-order valence-corrected chi connectivity index (χ1v) is 13.6. The topological polar surface area (TPSA) is 182 Å². The Kier molecular flexibility index (Phi) is 9.41.